The first-order valence-corrected chi connectivity index (χ1v) is 9.05. The Morgan fingerprint density at radius 3 is 2.38 bits per heavy atom. The summed E-state index contributed by atoms with van der Waals surface area (Å²) in [6, 6.07) is 7.47. The first-order valence-electron chi connectivity index (χ1n) is 9.05. The third-order valence-electron chi connectivity index (χ3n) is 5.17. The van der Waals surface area contributed by atoms with E-state index in [1.807, 2.05) is 29.2 Å². The number of carbonyl (C=O) groups is 1. The highest BCUT2D eigenvalue weighted by molar-refractivity contribution is 5.77. The maximum atomic E-state index is 12.3. The molecule has 1 amide bonds. The van der Waals surface area contributed by atoms with Gasteiger partial charge in [-0.1, -0.05) is 6.92 Å². The zero-order chi connectivity index (χ0) is 16.8. The predicted molar refractivity (Wildman–Crippen MR) is 93.5 cm³/mol. The summed E-state index contributed by atoms with van der Waals surface area (Å²) in [5, 5.41) is 3.45. The molecule has 3 rings (SSSR count). The minimum atomic E-state index is 0.0853. The molecule has 0 aromatic heterocycles. The van der Waals surface area contributed by atoms with Gasteiger partial charge in [0.25, 0.3) is 5.91 Å². The summed E-state index contributed by atoms with van der Waals surface area (Å²) >= 11 is 0. The van der Waals surface area contributed by atoms with Crippen molar-refractivity contribution in [3.8, 4) is 11.5 Å². The Balaban J connectivity index is 1.42. The number of carbonyl (C=O) groups excluding carboxylic acids is 1. The molecule has 2 aliphatic heterocycles. The second kappa shape index (κ2) is 7.88. The van der Waals surface area contributed by atoms with E-state index in [0.717, 1.165) is 51.2 Å². The smallest absolute Gasteiger partial charge is 0.260 e. The molecule has 0 aliphatic carbocycles. The largest absolute Gasteiger partial charge is 0.494 e. The van der Waals surface area contributed by atoms with Crippen molar-refractivity contribution >= 4 is 5.91 Å². The molecule has 2 heterocycles. The molecule has 0 saturated carbocycles. The average Bonchev–Trinajstić information content (AvgIpc) is 3.07. The number of hydrogen-bond acceptors (Lipinski definition) is 4. The number of benzene rings is 1. The SMILES string of the molecule is CCCOc1ccc(OCC(=O)N2CCC3(CCNC3)CC2)cc1. The number of nitrogens with zero attached hydrogens (tertiary/aromatic N) is 1. The van der Waals surface area contributed by atoms with E-state index in [4.69, 9.17) is 9.47 Å². The molecule has 24 heavy (non-hydrogen) atoms. The van der Waals surface area contributed by atoms with Gasteiger partial charge in [-0.3, -0.25) is 4.79 Å². The average molecular weight is 332 g/mol. The van der Waals surface area contributed by atoms with Gasteiger partial charge in [0.1, 0.15) is 11.5 Å². The van der Waals surface area contributed by atoms with Gasteiger partial charge in [0.05, 0.1) is 6.61 Å². The lowest BCUT2D eigenvalue weighted by Gasteiger charge is -2.38. The number of hydrogen-bond donors (Lipinski definition) is 1. The first-order chi connectivity index (χ1) is 11.7. The van der Waals surface area contributed by atoms with Gasteiger partial charge in [0.15, 0.2) is 6.61 Å². The fraction of sp³-hybridized carbons (Fsp3) is 0.632. The summed E-state index contributed by atoms with van der Waals surface area (Å²) in [6.07, 6.45) is 4.45. The number of piperidine rings is 1. The molecule has 0 bridgehead atoms. The summed E-state index contributed by atoms with van der Waals surface area (Å²) in [6.45, 7) is 6.84. The summed E-state index contributed by atoms with van der Waals surface area (Å²) < 4.78 is 11.2. The van der Waals surface area contributed by atoms with Gasteiger partial charge < -0.3 is 19.7 Å². The van der Waals surface area contributed by atoms with Crippen LogP contribution in [0.3, 0.4) is 0 Å². The van der Waals surface area contributed by atoms with Gasteiger partial charge in [0, 0.05) is 19.6 Å². The van der Waals surface area contributed by atoms with Gasteiger partial charge in [-0.15, -0.1) is 0 Å². The number of rotatable bonds is 6. The van der Waals surface area contributed by atoms with E-state index in [1.54, 1.807) is 0 Å². The van der Waals surface area contributed by atoms with Crippen LogP contribution in [0.15, 0.2) is 24.3 Å². The van der Waals surface area contributed by atoms with Crippen molar-refractivity contribution in [3.63, 3.8) is 0 Å². The van der Waals surface area contributed by atoms with Crippen LogP contribution in [0.1, 0.15) is 32.6 Å². The standard InChI is InChI=1S/C19H28N2O3/c1-2-13-23-16-3-5-17(6-4-16)24-14-18(22)21-11-8-19(9-12-21)7-10-20-15-19/h3-6,20H,2,7-15H2,1H3. The van der Waals surface area contributed by atoms with E-state index < -0.39 is 0 Å². The van der Waals surface area contributed by atoms with Gasteiger partial charge in [-0.05, 0) is 61.9 Å². The van der Waals surface area contributed by atoms with Crippen LogP contribution in [0.4, 0.5) is 0 Å². The van der Waals surface area contributed by atoms with Crippen molar-refractivity contribution in [1.29, 1.82) is 0 Å². The van der Waals surface area contributed by atoms with Gasteiger partial charge in [0.2, 0.25) is 0 Å². The van der Waals surface area contributed by atoms with Gasteiger partial charge in [-0.2, -0.15) is 0 Å². The van der Waals surface area contributed by atoms with Crippen LogP contribution < -0.4 is 14.8 Å². The molecular weight excluding hydrogens is 304 g/mol. The highest BCUT2D eigenvalue weighted by Gasteiger charge is 2.37. The molecular formula is C19H28N2O3. The van der Waals surface area contributed by atoms with E-state index in [2.05, 4.69) is 12.2 Å². The van der Waals surface area contributed by atoms with E-state index in [9.17, 15) is 4.79 Å². The Labute approximate surface area is 144 Å². The quantitative estimate of drug-likeness (QED) is 0.869. The monoisotopic (exact) mass is 332 g/mol. The Morgan fingerprint density at radius 2 is 1.79 bits per heavy atom. The van der Waals surface area contributed by atoms with Crippen LogP contribution in [-0.2, 0) is 4.79 Å². The highest BCUT2D eigenvalue weighted by Crippen LogP contribution is 2.36. The highest BCUT2D eigenvalue weighted by atomic mass is 16.5. The van der Waals surface area contributed by atoms with E-state index in [-0.39, 0.29) is 12.5 Å². The van der Waals surface area contributed by atoms with Gasteiger partial charge >= 0.3 is 0 Å². The fourth-order valence-electron chi connectivity index (χ4n) is 3.54. The number of likely N-dealkylation sites (tertiary alicyclic amines) is 1. The minimum absolute atomic E-state index is 0.0853. The van der Waals surface area contributed by atoms with Crippen LogP contribution in [0.2, 0.25) is 0 Å². The number of nitrogens with one attached hydrogen (secondary N) is 1. The van der Waals surface area contributed by atoms with Crippen molar-refractivity contribution in [1.82, 2.24) is 10.2 Å². The third kappa shape index (κ3) is 4.20. The molecule has 1 aromatic rings. The summed E-state index contributed by atoms with van der Waals surface area (Å²) in [5.74, 6) is 1.63. The normalized spacial score (nSPS) is 19.5. The molecule has 1 spiro atoms. The first kappa shape index (κ1) is 17.1. The van der Waals surface area contributed by atoms with Crippen LogP contribution in [-0.4, -0.2) is 50.2 Å². The van der Waals surface area contributed by atoms with Crippen molar-refractivity contribution in [2.45, 2.75) is 32.6 Å². The summed E-state index contributed by atoms with van der Waals surface area (Å²) in [7, 11) is 0. The Morgan fingerprint density at radius 1 is 1.12 bits per heavy atom. The maximum absolute atomic E-state index is 12.3. The van der Waals surface area contributed by atoms with E-state index in [1.165, 1.54) is 6.42 Å². The minimum Gasteiger partial charge on any atom is -0.494 e. The molecule has 0 radical (unpaired) electrons. The third-order valence-corrected chi connectivity index (χ3v) is 5.17. The number of ether oxygens (including phenoxy) is 2. The molecule has 5 heteroatoms. The van der Waals surface area contributed by atoms with Crippen LogP contribution >= 0.6 is 0 Å². The molecule has 0 unspecified atom stereocenters. The van der Waals surface area contributed by atoms with Crippen molar-refractivity contribution in [2.75, 3.05) is 39.4 Å². The van der Waals surface area contributed by atoms with Crippen LogP contribution in [0.5, 0.6) is 11.5 Å². The van der Waals surface area contributed by atoms with E-state index in [0.29, 0.717) is 17.8 Å². The molecule has 2 fully saturated rings. The number of amides is 1. The fourth-order valence-corrected chi connectivity index (χ4v) is 3.54. The topological polar surface area (TPSA) is 50.8 Å². The summed E-state index contributed by atoms with van der Waals surface area (Å²) in [4.78, 5) is 14.3. The lowest BCUT2D eigenvalue weighted by atomic mass is 9.78. The molecule has 1 N–H and O–H groups in total. The predicted octanol–water partition coefficient (Wildman–Crippen LogP) is 2.46. The molecule has 5 nitrogen and oxygen atoms in total. The molecule has 132 valence electrons. The van der Waals surface area contributed by atoms with Crippen molar-refractivity contribution in [3.05, 3.63) is 24.3 Å². The van der Waals surface area contributed by atoms with Crippen molar-refractivity contribution in [2.24, 2.45) is 5.41 Å². The maximum Gasteiger partial charge on any atom is 0.260 e. The molecule has 0 atom stereocenters. The zero-order valence-corrected chi connectivity index (χ0v) is 14.6. The molecule has 1 aromatic carbocycles. The second-order valence-electron chi connectivity index (χ2n) is 6.92. The molecule has 2 aliphatic rings. The van der Waals surface area contributed by atoms with Gasteiger partial charge in [-0.25, -0.2) is 0 Å². The van der Waals surface area contributed by atoms with Crippen molar-refractivity contribution < 1.29 is 14.3 Å². The second-order valence-corrected chi connectivity index (χ2v) is 6.92. The lowest BCUT2D eigenvalue weighted by molar-refractivity contribution is -0.135. The Hall–Kier alpha value is -1.75. The Kier molecular flexibility index (Phi) is 5.61. The lowest BCUT2D eigenvalue weighted by Crippen LogP contribution is -2.45. The van der Waals surface area contributed by atoms with E-state index >= 15 is 0 Å². The Bertz CT molecular complexity index is 528. The molecule has 2 saturated heterocycles. The van der Waals surface area contributed by atoms with Crippen LogP contribution in [0.25, 0.3) is 0 Å². The zero-order valence-electron chi connectivity index (χ0n) is 14.6. The van der Waals surface area contributed by atoms with Crippen LogP contribution in [0, 0.1) is 5.41 Å². The summed E-state index contributed by atoms with van der Waals surface area (Å²) in [5.41, 5.74) is 0.436.